The van der Waals surface area contributed by atoms with Gasteiger partial charge in [-0.15, -0.1) is 0 Å². The Labute approximate surface area is 148 Å². The summed E-state index contributed by atoms with van der Waals surface area (Å²) in [6, 6.07) is 9.06. The van der Waals surface area contributed by atoms with Crippen molar-refractivity contribution in [2.45, 2.75) is 5.75 Å². The number of non-ortho nitro benzene ring substituents is 2. The minimum atomic E-state index is -3.75. The Bertz CT molecular complexity index is 967. The summed E-state index contributed by atoms with van der Waals surface area (Å²) in [6.45, 7) is 0. The highest BCUT2D eigenvalue weighted by molar-refractivity contribution is 7.93. The van der Waals surface area contributed by atoms with Crippen molar-refractivity contribution in [2.24, 2.45) is 0 Å². The van der Waals surface area contributed by atoms with Crippen molar-refractivity contribution < 1.29 is 23.0 Å². The Kier molecular flexibility index (Phi) is 5.68. The monoisotopic (exact) mass is 378 g/mol. The maximum absolute atomic E-state index is 12.3. The van der Waals surface area contributed by atoms with E-state index in [1.807, 2.05) is 0 Å². The van der Waals surface area contributed by atoms with E-state index in [0.717, 1.165) is 11.5 Å². The van der Waals surface area contributed by atoms with Crippen LogP contribution in [-0.2, 0) is 15.6 Å². The summed E-state index contributed by atoms with van der Waals surface area (Å²) >= 11 is 0. The molecule has 0 fully saturated rings. The minimum Gasteiger partial charge on any atom is -0.496 e. The van der Waals surface area contributed by atoms with Crippen molar-refractivity contribution in [3.63, 3.8) is 0 Å². The predicted octanol–water partition coefficient (Wildman–Crippen LogP) is 3.10. The molecule has 136 valence electrons. The Morgan fingerprint density at radius 2 is 1.58 bits per heavy atom. The maximum Gasteiger partial charge on any atom is 0.270 e. The van der Waals surface area contributed by atoms with Crippen LogP contribution in [0.25, 0.3) is 6.08 Å². The van der Waals surface area contributed by atoms with Gasteiger partial charge in [0.2, 0.25) is 0 Å². The molecule has 10 heteroatoms. The standard InChI is InChI=1S/C16H14N2O7S/c1-25-16-7-6-15(18(21)22)10-13(16)11-26(23,24)9-8-12-2-4-14(5-3-12)17(19)20/h2-10H,11H2,1H3. The van der Waals surface area contributed by atoms with Crippen LogP contribution in [-0.4, -0.2) is 25.4 Å². The fraction of sp³-hybridized carbons (Fsp3) is 0.125. The average Bonchev–Trinajstić information content (AvgIpc) is 2.60. The molecule has 2 aromatic rings. The fourth-order valence-corrected chi connectivity index (χ4v) is 3.27. The summed E-state index contributed by atoms with van der Waals surface area (Å²) in [5, 5.41) is 22.4. The molecular formula is C16H14N2O7S. The van der Waals surface area contributed by atoms with Crippen molar-refractivity contribution in [3.8, 4) is 5.75 Å². The first-order valence-corrected chi connectivity index (χ1v) is 8.90. The molecule has 0 amide bonds. The Hall–Kier alpha value is -3.27. The fourth-order valence-electron chi connectivity index (χ4n) is 2.15. The van der Waals surface area contributed by atoms with Gasteiger partial charge in [0.15, 0.2) is 9.84 Å². The second kappa shape index (κ2) is 7.74. The lowest BCUT2D eigenvalue weighted by Crippen LogP contribution is -2.03. The van der Waals surface area contributed by atoms with Gasteiger partial charge in [-0.05, 0) is 29.8 Å². The number of nitro groups is 2. The SMILES string of the molecule is COc1ccc([N+](=O)[O-])cc1CS(=O)(=O)C=Cc1ccc([N+](=O)[O-])cc1. The third-order valence-electron chi connectivity index (χ3n) is 3.40. The zero-order valence-electron chi connectivity index (χ0n) is 13.6. The molecule has 0 saturated carbocycles. The Morgan fingerprint density at radius 3 is 2.12 bits per heavy atom. The van der Waals surface area contributed by atoms with Gasteiger partial charge >= 0.3 is 0 Å². The van der Waals surface area contributed by atoms with Crippen LogP contribution in [0.15, 0.2) is 47.9 Å². The molecule has 0 aliphatic heterocycles. The molecule has 0 radical (unpaired) electrons. The molecule has 0 atom stereocenters. The van der Waals surface area contributed by atoms with Crippen LogP contribution in [0.4, 0.5) is 11.4 Å². The largest absolute Gasteiger partial charge is 0.496 e. The van der Waals surface area contributed by atoms with Gasteiger partial charge in [-0.25, -0.2) is 8.42 Å². The van der Waals surface area contributed by atoms with Crippen molar-refractivity contribution in [3.05, 3.63) is 79.2 Å². The molecule has 0 N–H and O–H groups in total. The second-order valence-electron chi connectivity index (χ2n) is 5.21. The highest BCUT2D eigenvalue weighted by Crippen LogP contribution is 2.26. The molecule has 0 saturated heterocycles. The first-order chi connectivity index (χ1) is 12.2. The molecule has 0 spiro atoms. The van der Waals surface area contributed by atoms with Crippen LogP contribution in [0.3, 0.4) is 0 Å². The van der Waals surface area contributed by atoms with E-state index in [-0.39, 0.29) is 22.7 Å². The highest BCUT2D eigenvalue weighted by Gasteiger charge is 2.16. The number of ether oxygens (including phenoxy) is 1. The lowest BCUT2D eigenvalue weighted by molar-refractivity contribution is -0.385. The van der Waals surface area contributed by atoms with Gasteiger partial charge in [-0.2, -0.15) is 0 Å². The van der Waals surface area contributed by atoms with E-state index in [4.69, 9.17) is 4.74 Å². The van der Waals surface area contributed by atoms with E-state index < -0.39 is 25.4 Å². The van der Waals surface area contributed by atoms with Crippen LogP contribution in [0.1, 0.15) is 11.1 Å². The van der Waals surface area contributed by atoms with Gasteiger partial charge in [-0.1, -0.05) is 0 Å². The van der Waals surface area contributed by atoms with Crippen LogP contribution >= 0.6 is 0 Å². The molecule has 26 heavy (non-hydrogen) atoms. The van der Waals surface area contributed by atoms with Crippen LogP contribution in [0, 0.1) is 20.2 Å². The summed E-state index contributed by atoms with van der Waals surface area (Å²) in [5.74, 6) is -0.260. The predicted molar refractivity (Wildman–Crippen MR) is 94.4 cm³/mol. The van der Waals surface area contributed by atoms with Crippen molar-refractivity contribution in [2.75, 3.05) is 7.11 Å². The molecule has 0 heterocycles. The first-order valence-electron chi connectivity index (χ1n) is 7.18. The van der Waals surface area contributed by atoms with E-state index >= 15 is 0 Å². The highest BCUT2D eigenvalue weighted by atomic mass is 32.2. The topological polar surface area (TPSA) is 130 Å². The lowest BCUT2D eigenvalue weighted by atomic mass is 10.2. The lowest BCUT2D eigenvalue weighted by Gasteiger charge is -2.07. The van der Waals surface area contributed by atoms with Crippen molar-refractivity contribution in [1.29, 1.82) is 0 Å². The van der Waals surface area contributed by atoms with E-state index in [1.165, 1.54) is 49.6 Å². The molecule has 0 aliphatic rings. The second-order valence-corrected chi connectivity index (χ2v) is 7.10. The number of benzene rings is 2. The summed E-state index contributed by atoms with van der Waals surface area (Å²) in [7, 11) is -2.41. The molecule has 0 unspecified atom stereocenters. The smallest absolute Gasteiger partial charge is 0.270 e. The number of methoxy groups -OCH3 is 1. The molecule has 2 aromatic carbocycles. The summed E-state index contributed by atoms with van der Waals surface area (Å²) in [6.07, 6.45) is 1.29. The summed E-state index contributed by atoms with van der Waals surface area (Å²) < 4.78 is 29.6. The number of hydrogen-bond acceptors (Lipinski definition) is 7. The Morgan fingerprint density at radius 1 is 1.00 bits per heavy atom. The third-order valence-corrected chi connectivity index (χ3v) is 4.67. The van der Waals surface area contributed by atoms with Crippen LogP contribution in [0.5, 0.6) is 5.75 Å². The number of nitro benzene ring substituents is 2. The van der Waals surface area contributed by atoms with Gasteiger partial charge in [0, 0.05) is 35.2 Å². The zero-order valence-corrected chi connectivity index (χ0v) is 14.4. The van der Waals surface area contributed by atoms with Crippen molar-refractivity contribution >= 4 is 27.3 Å². The summed E-state index contributed by atoms with van der Waals surface area (Å²) in [4.78, 5) is 20.3. The third kappa shape index (κ3) is 4.86. The summed E-state index contributed by atoms with van der Waals surface area (Å²) in [5.41, 5.74) is 0.280. The van der Waals surface area contributed by atoms with Gasteiger partial charge in [0.1, 0.15) is 5.75 Å². The van der Waals surface area contributed by atoms with Gasteiger partial charge in [0.25, 0.3) is 11.4 Å². The number of hydrogen-bond donors (Lipinski definition) is 0. The van der Waals surface area contributed by atoms with E-state index in [0.29, 0.717) is 5.56 Å². The molecule has 9 nitrogen and oxygen atoms in total. The first kappa shape index (κ1) is 19.1. The molecule has 0 aromatic heterocycles. The van der Waals surface area contributed by atoms with Crippen LogP contribution in [0.2, 0.25) is 0 Å². The number of sulfone groups is 1. The van der Waals surface area contributed by atoms with Gasteiger partial charge in [0.05, 0.1) is 22.7 Å². The van der Waals surface area contributed by atoms with Gasteiger partial charge < -0.3 is 4.74 Å². The zero-order chi connectivity index (χ0) is 19.3. The normalized spacial score (nSPS) is 11.4. The number of rotatable bonds is 7. The average molecular weight is 378 g/mol. The van der Waals surface area contributed by atoms with E-state index in [9.17, 15) is 28.6 Å². The number of nitrogens with zero attached hydrogens (tertiary/aromatic N) is 2. The van der Waals surface area contributed by atoms with E-state index in [2.05, 4.69) is 0 Å². The molecule has 0 bridgehead atoms. The molecule has 0 aliphatic carbocycles. The Balaban J connectivity index is 2.24. The van der Waals surface area contributed by atoms with Gasteiger partial charge in [-0.3, -0.25) is 20.2 Å². The molecule has 2 rings (SSSR count). The minimum absolute atomic E-state index is 0.105. The van der Waals surface area contributed by atoms with Crippen molar-refractivity contribution in [1.82, 2.24) is 0 Å². The van der Waals surface area contributed by atoms with E-state index in [1.54, 1.807) is 0 Å². The quantitative estimate of drug-likeness (QED) is 0.534. The molecular weight excluding hydrogens is 364 g/mol. The van der Waals surface area contributed by atoms with Crippen LogP contribution < -0.4 is 4.74 Å². The maximum atomic E-state index is 12.3.